The second-order valence-corrected chi connectivity index (χ2v) is 26.1. The second-order valence-electron chi connectivity index (χ2n) is 26.1. The molecule has 4 aliphatic rings. The van der Waals surface area contributed by atoms with Crippen molar-refractivity contribution < 1.29 is 51.3 Å². The number of benzene rings is 2. The number of rotatable bonds is 14. The van der Waals surface area contributed by atoms with Crippen molar-refractivity contribution in [2.75, 3.05) is 26.4 Å². The summed E-state index contributed by atoms with van der Waals surface area (Å²) in [5.41, 5.74) is -7.93. The summed E-state index contributed by atoms with van der Waals surface area (Å²) in [7, 11) is 0. The van der Waals surface area contributed by atoms with E-state index in [9.17, 15) is 19.2 Å². The van der Waals surface area contributed by atoms with E-state index in [0.29, 0.717) is 25.7 Å². The first-order valence-electron chi connectivity index (χ1n) is 24.9. The van der Waals surface area contributed by atoms with Crippen LogP contribution in [0.2, 0.25) is 0 Å². The third-order valence-electron chi connectivity index (χ3n) is 15.9. The maximum Gasteiger partial charge on any atom is 0.402 e. The second kappa shape index (κ2) is 18.5. The fourth-order valence-electron chi connectivity index (χ4n) is 12.5. The van der Waals surface area contributed by atoms with Crippen LogP contribution in [0.4, 0.5) is 13.2 Å². The molecule has 4 heterocycles. The first-order valence-corrected chi connectivity index (χ1v) is 24.9. The van der Waals surface area contributed by atoms with Crippen LogP contribution in [0.25, 0.3) is 0 Å². The van der Waals surface area contributed by atoms with Crippen LogP contribution in [0.15, 0.2) is 36.4 Å². The number of carbonyl (C=O) groups excluding carboxylic acids is 4. The topological polar surface area (TPSA) is 153 Å². The number of nitrogens with one attached hydrogen (secondary N) is 4. The molecule has 0 aliphatic carbocycles. The van der Waals surface area contributed by atoms with Crippen LogP contribution in [-0.2, 0) is 24.4 Å². The molecule has 15 heteroatoms. The van der Waals surface area contributed by atoms with Gasteiger partial charge in [0.1, 0.15) is 5.41 Å². The molecular formula is C55H81F3N4O8. The normalized spacial score (nSPS) is 27.3. The molecule has 390 valence electrons. The standard InChI is InChI=1S/C55H81F3N4O8/c1-46(2)24-38(50(9,10)59-46)28-67-42(63)32-18-33(43(64)68-29-39-25-47(3,4)60-51(39,11)12)21-36(20-32)54(17,55(56,57)58)37-22-34(44(65)69-30-40-26-48(5,6)61-52(40,13)14)19-35(23-37)45(66)70-31-41-27-49(7,8)62-53(41,15)16/h18-23,38-41,59-62H,24-31H2,1-17H3. The van der Waals surface area contributed by atoms with Crippen molar-refractivity contribution in [1.82, 2.24) is 21.3 Å². The fourth-order valence-corrected chi connectivity index (χ4v) is 12.5. The fraction of sp³-hybridized carbons (Fsp3) is 0.709. The first kappa shape index (κ1) is 55.3. The Labute approximate surface area is 414 Å². The van der Waals surface area contributed by atoms with Gasteiger partial charge in [0.15, 0.2) is 0 Å². The van der Waals surface area contributed by atoms with E-state index in [1.54, 1.807) is 0 Å². The zero-order valence-corrected chi connectivity index (χ0v) is 44.8. The van der Waals surface area contributed by atoms with E-state index < -0.39 is 68.8 Å². The number of alkyl halides is 3. The van der Waals surface area contributed by atoms with Crippen molar-refractivity contribution in [3.63, 3.8) is 0 Å². The van der Waals surface area contributed by atoms with Gasteiger partial charge < -0.3 is 40.2 Å². The van der Waals surface area contributed by atoms with E-state index in [1.165, 1.54) is 12.1 Å². The van der Waals surface area contributed by atoms with Crippen molar-refractivity contribution in [3.05, 3.63) is 69.8 Å². The predicted molar refractivity (Wildman–Crippen MR) is 264 cm³/mol. The molecule has 4 fully saturated rings. The van der Waals surface area contributed by atoms with Crippen LogP contribution in [0.3, 0.4) is 0 Å². The molecule has 0 radical (unpaired) electrons. The summed E-state index contributed by atoms with van der Waals surface area (Å²) in [6.45, 7) is 33.1. The number of hydrogen-bond acceptors (Lipinski definition) is 12. The minimum Gasteiger partial charge on any atom is -0.462 e. The molecule has 0 aromatic heterocycles. The van der Waals surface area contributed by atoms with Gasteiger partial charge in [-0.05, 0) is 191 Å². The molecule has 0 saturated carbocycles. The van der Waals surface area contributed by atoms with Crippen LogP contribution in [0.5, 0.6) is 0 Å². The Morgan fingerprint density at radius 2 is 0.629 bits per heavy atom. The van der Waals surface area contributed by atoms with E-state index in [2.05, 4.69) is 21.3 Å². The lowest BCUT2D eigenvalue weighted by atomic mass is 9.73. The molecule has 70 heavy (non-hydrogen) atoms. The number of ether oxygens (including phenoxy) is 4. The van der Waals surface area contributed by atoms with Crippen molar-refractivity contribution in [2.45, 2.75) is 199 Å². The van der Waals surface area contributed by atoms with Gasteiger partial charge in [-0.25, -0.2) is 19.2 Å². The van der Waals surface area contributed by atoms with E-state index in [0.717, 1.165) is 31.2 Å². The molecule has 2 aromatic carbocycles. The zero-order chi connectivity index (χ0) is 52.6. The summed E-state index contributed by atoms with van der Waals surface area (Å²) in [6, 6.07) is 6.67. The lowest BCUT2D eigenvalue weighted by Crippen LogP contribution is -2.45. The van der Waals surface area contributed by atoms with Gasteiger partial charge in [0.2, 0.25) is 0 Å². The smallest absolute Gasteiger partial charge is 0.402 e. The maximum atomic E-state index is 16.4. The molecule has 4 atom stereocenters. The molecule has 4 aliphatic heterocycles. The number of halogens is 3. The highest BCUT2D eigenvalue weighted by Crippen LogP contribution is 2.48. The van der Waals surface area contributed by atoms with E-state index in [4.69, 9.17) is 18.9 Å². The summed E-state index contributed by atoms with van der Waals surface area (Å²) in [4.78, 5) is 56.6. The van der Waals surface area contributed by atoms with Gasteiger partial charge in [-0.3, -0.25) is 0 Å². The van der Waals surface area contributed by atoms with Gasteiger partial charge in [0.05, 0.1) is 48.7 Å². The van der Waals surface area contributed by atoms with Crippen molar-refractivity contribution in [1.29, 1.82) is 0 Å². The summed E-state index contributed by atoms with van der Waals surface area (Å²) in [5, 5.41) is 14.2. The summed E-state index contributed by atoms with van der Waals surface area (Å²) in [5.74, 6) is -4.21. The Morgan fingerprint density at radius 1 is 0.429 bits per heavy atom. The Kier molecular flexibility index (Phi) is 14.6. The number of hydrogen-bond donors (Lipinski definition) is 4. The van der Waals surface area contributed by atoms with Crippen LogP contribution in [-0.4, -0.2) is 101 Å². The highest BCUT2D eigenvalue weighted by Gasteiger charge is 2.55. The Balaban J connectivity index is 1.43. The van der Waals surface area contributed by atoms with Gasteiger partial charge >= 0.3 is 30.1 Å². The third kappa shape index (κ3) is 12.1. The van der Waals surface area contributed by atoms with Crippen molar-refractivity contribution >= 4 is 23.9 Å². The minimum atomic E-state index is -5.15. The third-order valence-corrected chi connectivity index (χ3v) is 15.9. The van der Waals surface area contributed by atoms with Crippen LogP contribution in [0, 0.1) is 23.7 Å². The SMILES string of the molecule is CC1(C)CC(COC(=O)c2cc(C(=O)OCC3CC(C)(C)NC3(C)C)cc(C(C)(c3cc(C(=O)OCC4CC(C)(C)NC4(C)C)cc(C(=O)OCC4CC(C)(C)NC4(C)C)c3)C(F)(F)F)c2)C(C)(C)N1. The van der Waals surface area contributed by atoms with Gasteiger partial charge in [-0.2, -0.15) is 13.2 Å². The van der Waals surface area contributed by atoms with Crippen LogP contribution >= 0.6 is 0 Å². The van der Waals surface area contributed by atoms with Crippen molar-refractivity contribution in [3.8, 4) is 0 Å². The van der Waals surface area contributed by atoms with Gasteiger partial charge in [-0.1, -0.05) is 0 Å². The average molecular weight is 983 g/mol. The quantitative estimate of drug-likeness (QED) is 0.105. The Bertz CT molecular complexity index is 2060. The molecule has 6 rings (SSSR count). The Morgan fingerprint density at radius 3 is 0.786 bits per heavy atom. The molecule has 0 amide bonds. The lowest BCUT2D eigenvalue weighted by molar-refractivity contribution is -0.173. The van der Waals surface area contributed by atoms with Gasteiger partial charge in [0, 0.05) is 68.0 Å². The van der Waals surface area contributed by atoms with Gasteiger partial charge in [0.25, 0.3) is 0 Å². The van der Waals surface area contributed by atoms with E-state index in [1.807, 2.05) is 111 Å². The summed E-state index contributed by atoms with van der Waals surface area (Å²) in [6.07, 6.45) is -2.46. The predicted octanol–water partition coefficient (Wildman–Crippen LogP) is 9.85. The minimum absolute atomic E-state index is 0.0326. The molecule has 4 saturated heterocycles. The van der Waals surface area contributed by atoms with E-state index in [-0.39, 0.29) is 94.5 Å². The highest BCUT2D eigenvalue weighted by atomic mass is 19.4. The molecular weight excluding hydrogens is 902 g/mol. The first-order chi connectivity index (χ1) is 31.7. The van der Waals surface area contributed by atoms with Crippen LogP contribution < -0.4 is 21.3 Å². The molecule has 4 N–H and O–H groups in total. The Hall–Kier alpha value is -4.05. The molecule has 12 nitrogen and oxygen atoms in total. The molecule has 4 unspecified atom stereocenters. The molecule has 0 spiro atoms. The monoisotopic (exact) mass is 983 g/mol. The maximum absolute atomic E-state index is 16.4. The number of carbonyl (C=O) groups is 4. The van der Waals surface area contributed by atoms with Crippen LogP contribution in [0.1, 0.15) is 196 Å². The van der Waals surface area contributed by atoms with Crippen molar-refractivity contribution in [2.24, 2.45) is 23.7 Å². The zero-order valence-electron chi connectivity index (χ0n) is 44.8. The molecule has 0 bridgehead atoms. The largest absolute Gasteiger partial charge is 0.462 e. The van der Waals surface area contributed by atoms with Gasteiger partial charge in [-0.15, -0.1) is 0 Å². The lowest BCUT2D eigenvalue weighted by Gasteiger charge is -2.34. The average Bonchev–Trinajstić information content (AvgIpc) is 3.76. The van der Waals surface area contributed by atoms with E-state index >= 15 is 13.2 Å². The number of esters is 4. The molecule has 2 aromatic rings. The summed E-state index contributed by atoms with van der Waals surface area (Å²) < 4.78 is 72.5. The highest BCUT2D eigenvalue weighted by molar-refractivity contribution is 5.97. The summed E-state index contributed by atoms with van der Waals surface area (Å²) >= 11 is 0.